The zero-order valence-corrected chi connectivity index (χ0v) is 44.7. The number of hydrogen-bond acceptors (Lipinski definition) is 15. The SMILES string of the molecule is O=C(O)C(F)(F)F.O=C(O)CC[C@H](NC(=O)N[C@@H](CCCCNC(=O)[C@H](Cc1ccccc1I)NC(=O)C1CCC(CNC(=O)CN2CCN(CC(=O)O)CCN(CC(=O)O)CCN(CC(=O)O)CC2)CC1)C(=O)O)C(=O)O. The molecular weight excluding hydrogens is 1160 g/mol. The quantitative estimate of drug-likeness (QED) is 0.0398. The summed E-state index contributed by atoms with van der Waals surface area (Å²) in [6, 6.07) is 2.42. The molecule has 3 atom stereocenters. The van der Waals surface area contributed by atoms with Crippen molar-refractivity contribution >= 4 is 88.1 Å². The van der Waals surface area contributed by atoms with Crippen molar-refractivity contribution in [3.63, 3.8) is 0 Å². The van der Waals surface area contributed by atoms with E-state index >= 15 is 0 Å². The Balaban J connectivity index is 0.00000277. The fraction of sp³-hybridized carbons (Fsp3) is 0.638. The summed E-state index contributed by atoms with van der Waals surface area (Å²) in [6.07, 6.45) is -3.10. The first-order valence-electron chi connectivity index (χ1n) is 24.8. The molecule has 1 aromatic carbocycles. The number of rotatable bonds is 27. The van der Waals surface area contributed by atoms with Gasteiger partial charge in [-0.2, -0.15) is 13.2 Å². The maximum atomic E-state index is 13.7. The number of amides is 5. The van der Waals surface area contributed by atoms with E-state index in [1.54, 1.807) is 14.7 Å². The number of benzene rings is 1. The predicted octanol–water partition coefficient (Wildman–Crippen LogP) is -0.293. The third-order valence-electron chi connectivity index (χ3n) is 12.5. The van der Waals surface area contributed by atoms with Crippen LogP contribution in [0.2, 0.25) is 0 Å². The summed E-state index contributed by atoms with van der Waals surface area (Å²) in [6.45, 7) is 1.77. The molecule has 5 amide bonds. The van der Waals surface area contributed by atoms with Gasteiger partial charge < -0.3 is 62.3 Å². The van der Waals surface area contributed by atoms with Gasteiger partial charge in [0, 0.05) is 87.8 Å². The topological polar surface area (TPSA) is 402 Å². The summed E-state index contributed by atoms with van der Waals surface area (Å²) in [5, 5.41) is 76.3. The molecule has 31 heteroatoms. The van der Waals surface area contributed by atoms with E-state index < -0.39 is 96.8 Å². The molecule has 1 aliphatic heterocycles. The second-order valence-electron chi connectivity index (χ2n) is 18.6. The molecule has 0 spiro atoms. The zero-order valence-electron chi connectivity index (χ0n) is 42.6. The molecule has 1 aliphatic carbocycles. The second-order valence-corrected chi connectivity index (χ2v) is 19.7. The van der Waals surface area contributed by atoms with E-state index in [4.69, 9.17) is 15.0 Å². The summed E-state index contributed by atoms with van der Waals surface area (Å²) in [5.41, 5.74) is 0.835. The van der Waals surface area contributed by atoms with Crippen molar-refractivity contribution in [2.24, 2.45) is 11.8 Å². The van der Waals surface area contributed by atoms with Crippen LogP contribution in [-0.2, 0) is 54.4 Å². The lowest BCUT2D eigenvalue weighted by atomic mass is 9.81. The van der Waals surface area contributed by atoms with Crippen LogP contribution >= 0.6 is 22.6 Å². The number of urea groups is 1. The summed E-state index contributed by atoms with van der Waals surface area (Å²) in [5.74, 6) is -11.4. The summed E-state index contributed by atoms with van der Waals surface area (Å²) >= 11 is 2.15. The summed E-state index contributed by atoms with van der Waals surface area (Å²) in [4.78, 5) is 138. The number of hydrogen-bond donors (Lipinski definition) is 12. The molecule has 0 unspecified atom stereocenters. The molecule has 2 fully saturated rings. The highest BCUT2D eigenvalue weighted by Crippen LogP contribution is 2.29. The number of carbonyl (C=O) groups excluding carboxylic acids is 4. The third kappa shape index (κ3) is 28.8. The second kappa shape index (κ2) is 35.1. The minimum Gasteiger partial charge on any atom is -0.481 e. The van der Waals surface area contributed by atoms with Crippen molar-refractivity contribution in [2.75, 3.05) is 91.6 Å². The first-order valence-corrected chi connectivity index (χ1v) is 25.9. The van der Waals surface area contributed by atoms with Gasteiger partial charge in [-0.15, -0.1) is 0 Å². The average Bonchev–Trinajstić information content (AvgIpc) is 3.34. The summed E-state index contributed by atoms with van der Waals surface area (Å²) in [7, 11) is 0. The molecule has 0 bridgehead atoms. The highest BCUT2D eigenvalue weighted by atomic mass is 127. The predicted molar refractivity (Wildman–Crippen MR) is 274 cm³/mol. The molecule has 1 heterocycles. The number of nitrogens with one attached hydrogen (secondary N) is 5. The monoisotopic (exact) mass is 1230 g/mol. The van der Waals surface area contributed by atoms with Crippen LogP contribution in [0, 0.1) is 15.4 Å². The van der Waals surface area contributed by atoms with Gasteiger partial charge in [-0.05, 0) is 91.5 Å². The van der Waals surface area contributed by atoms with Crippen LogP contribution in [-0.4, -0.2) is 237 Å². The molecule has 1 saturated heterocycles. The van der Waals surface area contributed by atoms with Crippen molar-refractivity contribution < 1.29 is 102 Å². The van der Waals surface area contributed by atoms with Crippen LogP contribution in [0.15, 0.2) is 24.3 Å². The molecule has 3 rings (SSSR count). The Morgan fingerprint density at radius 2 is 1.03 bits per heavy atom. The number of nitrogens with zero attached hydrogens (tertiary/aromatic N) is 4. The Morgan fingerprint density at radius 3 is 1.45 bits per heavy atom. The van der Waals surface area contributed by atoms with Crippen LogP contribution in [0.1, 0.15) is 63.4 Å². The van der Waals surface area contributed by atoms with Gasteiger partial charge >= 0.3 is 54.0 Å². The lowest BCUT2D eigenvalue weighted by molar-refractivity contribution is -0.192. The van der Waals surface area contributed by atoms with Crippen molar-refractivity contribution in [1.82, 2.24) is 46.2 Å². The van der Waals surface area contributed by atoms with Crippen molar-refractivity contribution in [3.05, 3.63) is 33.4 Å². The van der Waals surface area contributed by atoms with Gasteiger partial charge in [0.2, 0.25) is 17.7 Å². The number of carbonyl (C=O) groups is 11. The number of carboxylic acid groups (broad SMARTS) is 7. The number of carboxylic acids is 7. The number of halogens is 4. The van der Waals surface area contributed by atoms with E-state index in [1.165, 1.54) is 0 Å². The normalized spacial score (nSPS) is 18.3. The molecule has 438 valence electrons. The largest absolute Gasteiger partial charge is 0.490 e. The first-order chi connectivity index (χ1) is 36.6. The number of alkyl halides is 3. The van der Waals surface area contributed by atoms with Gasteiger partial charge in [-0.25, -0.2) is 19.2 Å². The van der Waals surface area contributed by atoms with Crippen molar-refractivity contribution in [1.29, 1.82) is 0 Å². The molecule has 0 radical (unpaired) electrons. The Bertz CT molecular complexity index is 2180. The maximum Gasteiger partial charge on any atom is 0.490 e. The minimum atomic E-state index is -5.08. The Hall–Kier alpha value is -6.45. The molecule has 78 heavy (non-hydrogen) atoms. The fourth-order valence-corrected chi connectivity index (χ4v) is 8.87. The van der Waals surface area contributed by atoms with Gasteiger partial charge in [0.15, 0.2) is 0 Å². The van der Waals surface area contributed by atoms with E-state index in [1.807, 2.05) is 29.2 Å². The lowest BCUT2D eigenvalue weighted by Crippen LogP contribution is -2.51. The number of aliphatic carboxylic acids is 7. The van der Waals surface area contributed by atoms with E-state index in [0.29, 0.717) is 51.7 Å². The van der Waals surface area contributed by atoms with Crippen LogP contribution in [0.3, 0.4) is 0 Å². The highest BCUT2D eigenvalue weighted by molar-refractivity contribution is 14.1. The minimum absolute atomic E-state index is 0.0251. The maximum absolute atomic E-state index is 13.7. The first kappa shape index (κ1) is 67.7. The van der Waals surface area contributed by atoms with Gasteiger partial charge in [-0.3, -0.25) is 53.2 Å². The van der Waals surface area contributed by atoms with Gasteiger partial charge in [-0.1, -0.05) is 18.2 Å². The van der Waals surface area contributed by atoms with Crippen LogP contribution in [0.5, 0.6) is 0 Å². The molecule has 2 aliphatic rings. The van der Waals surface area contributed by atoms with Crippen molar-refractivity contribution in [3.8, 4) is 0 Å². The van der Waals surface area contributed by atoms with Crippen LogP contribution in [0.25, 0.3) is 0 Å². The molecule has 27 nitrogen and oxygen atoms in total. The van der Waals surface area contributed by atoms with Crippen molar-refractivity contribution in [2.45, 2.75) is 88.5 Å². The highest BCUT2D eigenvalue weighted by Gasteiger charge is 2.38. The smallest absolute Gasteiger partial charge is 0.481 e. The third-order valence-corrected chi connectivity index (χ3v) is 13.6. The van der Waals surface area contributed by atoms with E-state index in [9.17, 15) is 86.6 Å². The fourth-order valence-electron chi connectivity index (χ4n) is 8.26. The van der Waals surface area contributed by atoms with E-state index in [-0.39, 0.29) is 109 Å². The van der Waals surface area contributed by atoms with Crippen LogP contribution in [0.4, 0.5) is 18.0 Å². The average molecular weight is 1230 g/mol. The number of unbranched alkanes of at least 4 members (excludes halogenated alkanes) is 1. The lowest BCUT2D eigenvalue weighted by Gasteiger charge is -2.33. The Kier molecular flexibility index (Phi) is 30.5. The van der Waals surface area contributed by atoms with E-state index in [0.717, 1.165) is 9.13 Å². The van der Waals surface area contributed by atoms with Gasteiger partial charge in [0.25, 0.3) is 0 Å². The summed E-state index contributed by atoms with van der Waals surface area (Å²) < 4.78 is 32.6. The van der Waals surface area contributed by atoms with Gasteiger partial charge in [0.1, 0.15) is 18.1 Å². The standard InChI is InChI=1S/C45H68IN9O16.C2HF3O2/c46-32-6-2-1-5-31(32)23-35(42(66)47-14-4-3-7-33(43(67)68)50-45(71)51-34(44(69)70)12-13-37(57)58)49-41(65)30-10-8-29(9-11-30)24-48-36(56)25-52-15-17-53(26-38(59)60)19-21-55(28-40(63)64)22-20-54(18-16-52)27-39(61)62;3-2(4,5)1(6)7/h1-2,5-6,29-30,33-35H,3-4,7-28H2,(H,47,66)(H,48,56)(H,49,65)(H,57,58)(H,59,60)(H,61,62)(H,63,64)(H,67,68)(H,69,70)(H2,50,51,71);(H,6,7)/t29?,30?,33-,34-,35-;/m0./s1. The molecule has 12 N–H and O–H groups in total. The van der Waals surface area contributed by atoms with Gasteiger partial charge in [0.05, 0.1) is 26.2 Å². The molecule has 0 aromatic heterocycles. The van der Waals surface area contributed by atoms with Crippen LogP contribution < -0.4 is 26.6 Å². The Morgan fingerprint density at radius 1 is 0.577 bits per heavy atom. The molecule has 1 saturated carbocycles. The van der Waals surface area contributed by atoms with E-state index in [2.05, 4.69) is 49.2 Å². The Labute approximate surface area is 459 Å². The zero-order chi connectivity index (χ0) is 58.5. The molecular formula is C47H69F3IN9O18. The molecule has 1 aromatic rings.